The summed E-state index contributed by atoms with van der Waals surface area (Å²) in [5.74, 6) is -0.265. The van der Waals surface area contributed by atoms with Crippen LogP contribution in [0, 0.1) is 11.8 Å². The Morgan fingerprint density at radius 2 is 1.44 bits per heavy atom. The first-order chi connectivity index (χ1) is 15.1. The molecule has 1 aliphatic carbocycles. The fourth-order valence-corrected chi connectivity index (χ4v) is 4.15. The van der Waals surface area contributed by atoms with Gasteiger partial charge in [-0.2, -0.15) is 0 Å². The minimum absolute atomic E-state index is 0.105. The Labute approximate surface area is 190 Å². The molecule has 2 rings (SSSR count). The molecule has 1 amide bonds. The molecule has 1 saturated carbocycles. The monoisotopic (exact) mass is 445 g/mol. The zero-order chi connectivity index (χ0) is 23.7. The third-order valence-electron chi connectivity index (χ3n) is 6.06. The van der Waals surface area contributed by atoms with Crippen LogP contribution in [0.5, 0.6) is 0 Å². The molecule has 1 aromatic carbocycles. The lowest BCUT2D eigenvalue weighted by molar-refractivity contribution is -0.150. The van der Waals surface area contributed by atoms with E-state index in [1.165, 1.54) is 20.8 Å². The topological polar surface area (TPSA) is 98.8 Å². The van der Waals surface area contributed by atoms with E-state index in [1.54, 1.807) is 0 Å². The number of hydrogen-bond donors (Lipinski definition) is 1. The van der Waals surface area contributed by atoms with Crippen LogP contribution in [0.4, 0.5) is 0 Å². The molecule has 0 aromatic heterocycles. The SMILES string of the molecule is CC(=O)NC(CCc1ccc(C(=O)C2CCC(C)CC2)cc1)(COC(C)=O)COC(C)=O. The van der Waals surface area contributed by atoms with Crippen molar-refractivity contribution < 1.29 is 28.7 Å². The van der Waals surface area contributed by atoms with Crippen LogP contribution < -0.4 is 5.32 Å². The van der Waals surface area contributed by atoms with E-state index in [0.29, 0.717) is 18.8 Å². The molecule has 1 aromatic rings. The van der Waals surface area contributed by atoms with Crippen LogP contribution in [0.25, 0.3) is 0 Å². The van der Waals surface area contributed by atoms with Crippen molar-refractivity contribution in [3.05, 3.63) is 35.4 Å². The second-order valence-electron chi connectivity index (χ2n) is 9.04. The molecule has 0 radical (unpaired) electrons. The van der Waals surface area contributed by atoms with Gasteiger partial charge in [0.25, 0.3) is 0 Å². The summed E-state index contributed by atoms with van der Waals surface area (Å²) >= 11 is 0. The molecule has 0 heterocycles. The standard InChI is InChI=1S/C25H35NO6/c1-17-5-9-22(10-6-17)24(30)23-11-7-21(8-12-23)13-14-25(26-18(2)27,15-31-19(3)28)16-32-20(4)29/h7-8,11-12,17,22H,5-6,9-10,13-16H2,1-4H3,(H,26,27). The second kappa shape index (κ2) is 11.8. The van der Waals surface area contributed by atoms with E-state index in [2.05, 4.69) is 12.2 Å². The fourth-order valence-electron chi connectivity index (χ4n) is 4.15. The number of carbonyl (C=O) groups excluding carboxylic acids is 4. The third-order valence-corrected chi connectivity index (χ3v) is 6.06. The van der Waals surface area contributed by atoms with E-state index >= 15 is 0 Å². The van der Waals surface area contributed by atoms with Crippen molar-refractivity contribution in [2.45, 2.75) is 71.8 Å². The molecule has 7 heteroatoms. The molecule has 176 valence electrons. The summed E-state index contributed by atoms with van der Waals surface area (Å²) < 4.78 is 10.3. The van der Waals surface area contributed by atoms with Gasteiger partial charge >= 0.3 is 11.9 Å². The lowest BCUT2D eigenvalue weighted by Crippen LogP contribution is -2.55. The summed E-state index contributed by atoms with van der Waals surface area (Å²) in [7, 11) is 0. The summed E-state index contributed by atoms with van der Waals surface area (Å²) in [6.07, 6.45) is 5.04. The van der Waals surface area contributed by atoms with Crippen molar-refractivity contribution in [3.8, 4) is 0 Å². The van der Waals surface area contributed by atoms with Crippen LogP contribution in [0.15, 0.2) is 24.3 Å². The number of amides is 1. The predicted octanol–water partition coefficient (Wildman–Crippen LogP) is 3.63. The Morgan fingerprint density at radius 1 is 0.906 bits per heavy atom. The quantitative estimate of drug-likeness (QED) is 0.436. The Balaban J connectivity index is 2.07. The minimum atomic E-state index is -1.03. The number of hydrogen-bond acceptors (Lipinski definition) is 6. The molecule has 0 unspecified atom stereocenters. The zero-order valence-corrected chi connectivity index (χ0v) is 19.6. The van der Waals surface area contributed by atoms with Gasteiger partial charge in [0.2, 0.25) is 5.91 Å². The maximum Gasteiger partial charge on any atom is 0.302 e. The predicted molar refractivity (Wildman–Crippen MR) is 120 cm³/mol. The summed E-state index contributed by atoms with van der Waals surface area (Å²) in [6.45, 7) is 5.96. The van der Waals surface area contributed by atoms with E-state index in [1.807, 2.05) is 24.3 Å². The highest BCUT2D eigenvalue weighted by molar-refractivity contribution is 5.97. The Kier molecular flexibility index (Phi) is 9.42. The third kappa shape index (κ3) is 8.09. The number of aryl methyl sites for hydroxylation is 1. The van der Waals surface area contributed by atoms with Gasteiger partial charge in [-0.1, -0.05) is 44.0 Å². The number of rotatable bonds is 10. The minimum Gasteiger partial charge on any atom is -0.463 e. The van der Waals surface area contributed by atoms with Gasteiger partial charge in [-0.25, -0.2) is 0 Å². The zero-order valence-electron chi connectivity index (χ0n) is 19.6. The lowest BCUT2D eigenvalue weighted by atomic mass is 9.79. The smallest absolute Gasteiger partial charge is 0.302 e. The number of esters is 2. The van der Waals surface area contributed by atoms with Crippen LogP contribution in [0.1, 0.15) is 75.7 Å². The van der Waals surface area contributed by atoms with Gasteiger partial charge in [-0.05, 0) is 37.2 Å². The van der Waals surface area contributed by atoms with Crippen LogP contribution in [-0.2, 0) is 30.3 Å². The van der Waals surface area contributed by atoms with Crippen LogP contribution in [-0.4, -0.2) is 42.4 Å². The van der Waals surface area contributed by atoms with E-state index in [-0.39, 0.29) is 30.8 Å². The highest BCUT2D eigenvalue weighted by Gasteiger charge is 2.34. The number of benzene rings is 1. The Bertz CT molecular complexity index is 790. The number of ketones is 1. The summed E-state index contributed by atoms with van der Waals surface area (Å²) in [5, 5.41) is 2.80. The van der Waals surface area contributed by atoms with E-state index in [4.69, 9.17) is 9.47 Å². The first kappa shape index (κ1) is 25.6. The van der Waals surface area contributed by atoms with Crippen molar-refractivity contribution >= 4 is 23.6 Å². The molecule has 0 spiro atoms. The summed E-state index contributed by atoms with van der Waals surface area (Å²) in [4.78, 5) is 47.4. The van der Waals surface area contributed by atoms with Gasteiger partial charge in [0.15, 0.2) is 5.78 Å². The highest BCUT2D eigenvalue weighted by atomic mass is 16.5. The van der Waals surface area contributed by atoms with E-state index < -0.39 is 17.5 Å². The van der Waals surface area contributed by atoms with Crippen molar-refractivity contribution in [1.82, 2.24) is 5.32 Å². The molecule has 1 N–H and O–H groups in total. The van der Waals surface area contributed by atoms with Crippen molar-refractivity contribution in [1.29, 1.82) is 0 Å². The average Bonchev–Trinajstić information content (AvgIpc) is 2.75. The van der Waals surface area contributed by atoms with Gasteiger partial charge in [-0.3, -0.25) is 19.2 Å². The van der Waals surface area contributed by atoms with E-state index in [9.17, 15) is 19.2 Å². The first-order valence-electron chi connectivity index (χ1n) is 11.3. The molecule has 1 aliphatic rings. The van der Waals surface area contributed by atoms with Crippen LogP contribution in [0.2, 0.25) is 0 Å². The van der Waals surface area contributed by atoms with Crippen molar-refractivity contribution in [2.75, 3.05) is 13.2 Å². The molecular weight excluding hydrogens is 410 g/mol. The molecule has 0 atom stereocenters. The normalized spacial score (nSPS) is 18.5. The molecule has 1 fully saturated rings. The van der Waals surface area contributed by atoms with Crippen molar-refractivity contribution in [3.63, 3.8) is 0 Å². The lowest BCUT2D eigenvalue weighted by Gasteiger charge is -2.33. The highest BCUT2D eigenvalue weighted by Crippen LogP contribution is 2.30. The first-order valence-corrected chi connectivity index (χ1v) is 11.3. The molecule has 7 nitrogen and oxygen atoms in total. The Morgan fingerprint density at radius 3 is 1.91 bits per heavy atom. The largest absolute Gasteiger partial charge is 0.463 e. The van der Waals surface area contributed by atoms with Gasteiger partial charge in [0.05, 0.1) is 0 Å². The van der Waals surface area contributed by atoms with Gasteiger partial charge in [0, 0.05) is 32.3 Å². The number of Topliss-reactive ketones (excluding diaryl/α,β-unsaturated/α-hetero) is 1. The summed E-state index contributed by atoms with van der Waals surface area (Å²) in [6, 6.07) is 7.53. The van der Waals surface area contributed by atoms with E-state index in [0.717, 1.165) is 36.8 Å². The molecule has 0 aliphatic heterocycles. The van der Waals surface area contributed by atoms with Gasteiger partial charge in [-0.15, -0.1) is 0 Å². The maximum absolute atomic E-state index is 12.8. The maximum atomic E-state index is 12.8. The number of nitrogens with one attached hydrogen (secondary N) is 1. The van der Waals surface area contributed by atoms with Gasteiger partial charge < -0.3 is 14.8 Å². The number of carbonyl (C=O) groups is 4. The molecular formula is C25H35NO6. The average molecular weight is 446 g/mol. The van der Waals surface area contributed by atoms with Crippen LogP contribution in [0.3, 0.4) is 0 Å². The summed E-state index contributed by atoms with van der Waals surface area (Å²) in [5.41, 5.74) is 0.664. The number of ether oxygens (including phenoxy) is 2. The second-order valence-corrected chi connectivity index (χ2v) is 9.04. The van der Waals surface area contributed by atoms with Crippen LogP contribution >= 0.6 is 0 Å². The Hall–Kier alpha value is -2.70. The van der Waals surface area contributed by atoms with Gasteiger partial charge in [0.1, 0.15) is 18.8 Å². The fraction of sp³-hybridized carbons (Fsp3) is 0.600. The molecule has 0 bridgehead atoms. The molecule has 0 saturated heterocycles. The molecule has 32 heavy (non-hydrogen) atoms. The van der Waals surface area contributed by atoms with Crippen molar-refractivity contribution in [2.24, 2.45) is 11.8 Å².